The monoisotopic (exact) mass is 381 g/mol. The molecule has 0 spiro atoms. The molecule has 0 radical (unpaired) electrons. The lowest BCUT2D eigenvalue weighted by atomic mass is 9.73. The van der Waals surface area contributed by atoms with Gasteiger partial charge in [-0.25, -0.2) is 9.37 Å². The van der Waals surface area contributed by atoms with Crippen LogP contribution in [0.2, 0.25) is 0 Å². The van der Waals surface area contributed by atoms with Crippen molar-refractivity contribution in [3.05, 3.63) is 65.0 Å². The average molecular weight is 382 g/mol. The fraction of sp³-hybridized carbons (Fsp3) is 0.458. The molecule has 0 N–H and O–H groups in total. The summed E-state index contributed by atoms with van der Waals surface area (Å²) in [6.07, 6.45) is 8.14. The van der Waals surface area contributed by atoms with E-state index in [1.807, 2.05) is 18.3 Å². The van der Waals surface area contributed by atoms with Gasteiger partial charge in [0.2, 0.25) is 0 Å². The molecule has 1 heterocycles. The molecule has 0 amide bonds. The van der Waals surface area contributed by atoms with Gasteiger partial charge in [-0.15, -0.1) is 11.3 Å². The van der Waals surface area contributed by atoms with Crippen LogP contribution in [0.5, 0.6) is 0 Å². The quantitative estimate of drug-likeness (QED) is 0.465. The highest BCUT2D eigenvalue weighted by atomic mass is 32.1. The molecule has 2 aliphatic carbocycles. The number of nitrogens with zero attached hydrogens (tertiary/aromatic N) is 1. The van der Waals surface area contributed by atoms with E-state index in [9.17, 15) is 4.39 Å². The van der Waals surface area contributed by atoms with Gasteiger partial charge in [0, 0.05) is 5.92 Å². The van der Waals surface area contributed by atoms with Gasteiger partial charge in [0.05, 0.1) is 15.2 Å². The number of aromatic nitrogens is 1. The van der Waals surface area contributed by atoms with E-state index in [0.717, 1.165) is 36.8 Å². The summed E-state index contributed by atoms with van der Waals surface area (Å²) in [5, 5.41) is 1.31. The lowest BCUT2D eigenvalue weighted by molar-refractivity contribution is 0.352. The molecule has 2 fully saturated rings. The number of benzene rings is 1. The van der Waals surface area contributed by atoms with Crippen LogP contribution in [-0.2, 0) is 0 Å². The second kappa shape index (κ2) is 7.01. The molecule has 3 heteroatoms. The van der Waals surface area contributed by atoms with Crippen molar-refractivity contribution in [2.45, 2.75) is 64.2 Å². The minimum Gasteiger partial charge on any atom is -0.241 e. The van der Waals surface area contributed by atoms with Crippen molar-refractivity contribution < 1.29 is 4.39 Å². The van der Waals surface area contributed by atoms with E-state index in [1.165, 1.54) is 34.2 Å². The predicted molar refractivity (Wildman–Crippen MR) is 114 cm³/mol. The Morgan fingerprint density at radius 3 is 2.78 bits per heavy atom. The standard InChI is InChI=1S/C24H28FNS/c1-5-20(25)15(3)16(4)24(6-2)12-11-19(14-24)18-9-10-21-22(13-18)27-23(26-21)17-7-8-17/h5,9-10,13,17,19H,1,4,6-8,11-12,14H2,2-3H3/b20-15+/t19-,24-/m1/s1. The van der Waals surface area contributed by atoms with Crippen LogP contribution in [0.3, 0.4) is 0 Å². The molecule has 2 aromatic rings. The Kier molecular flexibility index (Phi) is 4.84. The number of thiazole rings is 1. The Bertz CT molecular complexity index is 933. The first kappa shape index (κ1) is 18.6. The third-order valence-electron chi connectivity index (χ3n) is 6.74. The van der Waals surface area contributed by atoms with Gasteiger partial charge >= 0.3 is 0 Å². The molecule has 1 nitrogen and oxygen atoms in total. The summed E-state index contributed by atoms with van der Waals surface area (Å²) in [4.78, 5) is 4.81. The van der Waals surface area contributed by atoms with E-state index in [2.05, 4.69) is 38.3 Å². The normalized spacial score (nSPS) is 26.3. The first-order valence-corrected chi connectivity index (χ1v) is 10.9. The van der Waals surface area contributed by atoms with Crippen molar-refractivity contribution in [1.29, 1.82) is 0 Å². The minimum atomic E-state index is -0.241. The molecular formula is C24H28FNS. The SMILES string of the molecule is C=C/C(F)=C(/C)C(=C)[C@]1(CC)CC[C@@H](c2ccc3nc(C4CC4)sc3c2)C1. The Labute approximate surface area is 165 Å². The summed E-state index contributed by atoms with van der Waals surface area (Å²) in [7, 11) is 0. The third kappa shape index (κ3) is 3.31. The smallest absolute Gasteiger partial charge is 0.125 e. The number of allylic oxidation sites excluding steroid dienone is 4. The Hall–Kier alpha value is -1.74. The summed E-state index contributed by atoms with van der Waals surface area (Å²) in [5.74, 6) is 0.982. The van der Waals surface area contributed by atoms with Crippen molar-refractivity contribution >= 4 is 21.6 Å². The van der Waals surface area contributed by atoms with E-state index in [0.29, 0.717) is 17.4 Å². The van der Waals surface area contributed by atoms with E-state index < -0.39 is 0 Å². The summed E-state index contributed by atoms with van der Waals surface area (Å²) in [5.41, 5.74) is 4.17. The van der Waals surface area contributed by atoms with Crippen molar-refractivity contribution in [2.24, 2.45) is 5.41 Å². The van der Waals surface area contributed by atoms with Gasteiger partial charge in [-0.1, -0.05) is 26.1 Å². The van der Waals surface area contributed by atoms with E-state index in [1.54, 1.807) is 0 Å². The molecule has 2 saturated carbocycles. The second-order valence-electron chi connectivity index (χ2n) is 8.28. The molecule has 27 heavy (non-hydrogen) atoms. The Morgan fingerprint density at radius 1 is 1.33 bits per heavy atom. The zero-order valence-electron chi connectivity index (χ0n) is 16.4. The van der Waals surface area contributed by atoms with Crippen LogP contribution in [0.4, 0.5) is 4.39 Å². The maximum Gasteiger partial charge on any atom is 0.125 e. The highest BCUT2D eigenvalue weighted by Gasteiger charge is 2.41. The van der Waals surface area contributed by atoms with Gasteiger partial charge in [0.1, 0.15) is 5.83 Å². The van der Waals surface area contributed by atoms with Crippen LogP contribution in [0.1, 0.15) is 74.8 Å². The highest BCUT2D eigenvalue weighted by molar-refractivity contribution is 7.18. The number of rotatable bonds is 6. The van der Waals surface area contributed by atoms with Crippen molar-refractivity contribution in [1.82, 2.24) is 4.98 Å². The zero-order valence-corrected chi connectivity index (χ0v) is 17.2. The number of halogens is 1. The van der Waals surface area contributed by atoms with Crippen LogP contribution < -0.4 is 0 Å². The molecule has 0 unspecified atom stereocenters. The molecule has 1 aromatic carbocycles. The van der Waals surface area contributed by atoms with Gasteiger partial charge in [-0.05, 0) is 91.7 Å². The molecule has 2 atom stereocenters. The summed E-state index contributed by atoms with van der Waals surface area (Å²) >= 11 is 1.87. The van der Waals surface area contributed by atoms with Crippen molar-refractivity contribution in [3.8, 4) is 0 Å². The lowest BCUT2D eigenvalue weighted by Gasteiger charge is -2.31. The molecule has 2 aliphatic rings. The summed E-state index contributed by atoms with van der Waals surface area (Å²) in [6, 6.07) is 6.80. The Balaban J connectivity index is 1.60. The molecule has 0 saturated heterocycles. The average Bonchev–Trinajstić information content (AvgIpc) is 3.31. The predicted octanol–water partition coefficient (Wildman–Crippen LogP) is 7.82. The number of hydrogen-bond donors (Lipinski definition) is 0. The molecule has 0 bridgehead atoms. The van der Waals surface area contributed by atoms with E-state index in [-0.39, 0.29) is 11.2 Å². The molecule has 142 valence electrons. The molecule has 4 rings (SSSR count). The molecule has 0 aliphatic heterocycles. The van der Waals surface area contributed by atoms with Gasteiger partial charge < -0.3 is 0 Å². The van der Waals surface area contributed by atoms with Crippen LogP contribution in [0.25, 0.3) is 10.2 Å². The molecular weight excluding hydrogens is 353 g/mol. The zero-order chi connectivity index (χ0) is 19.2. The van der Waals surface area contributed by atoms with Gasteiger partial charge in [-0.3, -0.25) is 0 Å². The summed E-state index contributed by atoms with van der Waals surface area (Å²) < 4.78 is 15.4. The Morgan fingerprint density at radius 2 is 2.11 bits per heavy atom. The summed E-state index contributed by atoms with van der Waals surface area (Å²) in [6.45, 7) is 11.9. The van der Waals surface area contributed by atoms with Crippen LogP contribution >= 0.6 is 11.3 Å². The maximum atomic E-state index is 14.1. The van der Waals surface area contributed by atoms with Crippen molar-refractivity contribution in [2.75, 3.05) is 0 Å². The number of fused-ring (bicyclic) bond motifs is 1. The minimum absolute atomic E-state index is 0.00305. The topological polar surface area (TPSA) is 12.9 Å². The van der Waals surface area contributed by atoms with Crippen LogP contribution in [0.15, 0.2) is 54.4 Å². The number of hydrogen-bond acceptors (Lipinski definition) is 2. The van der Waals surface area contributed by atoms with E-state index in [4.69, 9.17) is 4.98 Å². The molecule has 1 aromatic heterocycles. The van der Waals surface area contributed by atoms with Gasteiger partial charge in [0.15, 0.2) is 0 Å². The largest absolute Gasteiger partial charge is 0.241 e. The first-order chi connectivity index (χ1) is 13.0. The lowest BCUT2D eigenvalue weighted by Crippen LogP contribution is -2.19. The van der Waals surface area contributed by atoms with Crippen LogP contribution in [-0.4, -0.2) is 4.98 Å². The van der Waals surface area contributed by atoms with Crippen molar-refractivity contribution in [3.63, 3.8) is 0 Å². The van der Waals surface area contributed by atoms with Crippen LogP contribution in [0, 0.1) is 5.41 Å². The first-order valence-electron chi connectivity index (χ1n) is 10.1. The second-order valence-corrected chi connectivity index (χ2v) is 9.34. The third-order valence-corrected chi connectivity index (χ3v) is 7.92. The van der Waals surface area contributed by atoms with E-state index >= 15 is 0 Å². The highest BCUT2D eigenvalue weighted by Crippen LogP contribution is 2.54. The fourth-order valence-corrected chi connectivity index (χ4v) is 5.82. The maximum absolute atomic E-state index is 14.1. The fourth-order valence-electron chi connectivity index (χ4n) is 4.63. The van der Waals surface area contributed by atoms with Gasteiger partial charge in [0.25, 0.3) is 0 Å². The van der Waals surface area contributed by atoms with Gasteiger partial charge in [-0.2, -0.15) is 0 Å².